The minimum Gasteiger partial charge on any atom is -0.368 e. The Morgan fingerprint density at radius 2 is 1.59 bits per heavy atom. The van der Waals surface area contributed by atoms with Gasteiger partial charge in [0.1, 0.15) is 0 Å². The number of nitro groups is 2. The molecule has 1 amide bonds. The van der Waals surface area contributed by atoms with Crippen molar-refractivity contribution in [3.63, 3.8) is 0 Å². The molecular weight excluding hydrogens is 352 g/mol. The number of carbonyl (C=O) groups excluding carboxylic acids is 1. The Morgan fingerprint density at radius 3 is 2.15 bits per heavy atom. The van der Waals surface area contributed by atoms with Gasteiger partial charge in [0.25, 0.3) is 17.3 Å². The monoisotopic (exact) mass is 370 g/mol. The largest absolute Gasteiger partial charge is 0.368 e. The molecule has 1 aliphatic rings. The molecule has 2 aromatic carbocycles. The maximum atomic E-state index is 12.9. The molecule has 0 atom stereocenters. The van der Waals surface area contributed by atoms with Crippen molar-refractivity contribution in [2.24, 2.45) is 0 Å². The fourth-order valence-electron chi connectivity index (χ4n) is 3.18. The summed E-state index contributed by atoms with van der Waals surface area (Å²) in [6.45, 7) is 3.54. The molecule has 27 heavy (non-hydrogen) atoms. The third-order valence-corrected chi connectivity index (χ3v) is 4.69. The second kappa shape index (κ2) is 7.40. The van der Waals surface area contributed by atoms with Gasteiger partial charge in [-0.05, 0) is 19.1 Å². The van der Waals surface area contributed by atoms with E-state index in [9.17, 15) is 25.0 Å². The molecule has 0 bridgehead atoms. The highest BCUT2D eigenvalue weighted by molar-refractivity contribution is 5.97. The summed E-state index contributed by atoms with van der Waals surface area (Å²) in [5, 5.41) is 22.3. The Hall–Kier alpha value is -3.49. The number of amides is 1. The average molecular weight is 370 g/mol. The lowest BCUT2D eigenvalue weighted by Gasteiger charge is -2.36. The third-order valence-electron chi connectivity index (χ3n) is 4.69. The number of anilines is 1. The lowest BCUT2D eigenvalue weighted by Crippen LogP contribution is -2.49. The summed E-state index contributed by atoms with van der Waals surface area (Å²) in [6, 6.07) is 11.8. The van der Waals surface area contributed by atoms with E-state index in [-0.39, 0.29) is 11.1 Å². The molecular formula is C18H18N4O5. The summed E-state index contributed by atoms with van der Waals surface area (Å²) >= 11 is 0. The van der Waals surface area contributed by atoms with Gasteiger partial charge < -0.3 is 9.80 Å². The minimum atomic E-state index is -0.726. The van der Waals surface area contributed by atoms with E-state index in [1.165, 1.54) is 6.92 Å². The van der Waals surface area contributed by atoms with Crippen molar-refractivity contribution in [2.45, 2.75) is 6.92 Å². The summed E-state index contributed by atoms with van der Waals surface area (Å²) in [7, 11) is 0. The molecule has 9 nitrogen and oxygen atoms in total. The van der Waals surface area contributed by atoms with Gasteiger partial charge in [0, 0.05) is 43.5 Å². The van der Waals surface area contributed by atoms with Crippen LogP contribution in [-0.4, -0.2) is 46.8 Å². The predicted octanol–water partition coefficient (Wildman–Crippen LogP) is 2.77. The smallest absolute Gasteiger partial charge is 0.279 e. The highest BCUT2D eigenvalue weighted by Gasteiger charge is 2.29. The number of hydrogen-bond acceptors (Lipinski definition) is 6. The third kappa shape index (κ3) is 3.71. The van der Waals surface area contributed by atoms with Gasteiger partial charge in [-0.25, -0.2) is 0 Å². The Labute approximate surface area is 155 Å². The van der Waals surface area contributed by atoms with Crippen LogP contribution >= 0.6 is 0 Å². The zero-order valence-corrected chi connectivity index (χ0v) is 14.7. The second-order valence-corrected chi connectivity index (χ2v) is 6.27. The molecule has 0 N–H and O–H groups in total. The minimum absolute atomic E-state index is 0.00376. The summed E-state index contributed by atoms with van der Waals surface area (Å²) in [4.78, 5) is 37.5. The number of para-hydroxylation sites is 1. The highest BCUT2D eigenvalue weighted by Crippen LogP contribution is 2.29. The molecule has 1 saturated heterocycles. The number of hydrogen-bond donors (Lipinski definition) is 0. The van der Waals surface area contributed by atoms with Crippen LogP contribution in [0.15, 0.2) is 42.5 Å². The number of nitrogens with zero attached hydrogens (tertiary/aromatic N) is 4. The van der Waals surface area contributed by atoms with Crippen LogP contribution in [0.1, 0.15) is 15.9 Å². The number of rotatable bonds is 4. The molecule has 0 spiro atoms. The summed E-state index contributed by atoms with van der Waals surface area (Å²) < 4.78 is 0. The number of piperazine rings is 1. The molecule has 0 unspecified atom stereocenters. The van der Waals surface area contributed by atoms with Crippen molar-refractivity contribution in [3.8, 4) is 0 Å². The maximum absolute atomic E-state index is 12.9. The molecule has 0 radical (unpaired) electrons. The molecule has 3 rings (SSSR count). The summed E-state index contributed by atoms with van der Waals surface area (Å²) in [5.41, 5.74) is 0.325. The SMILES string of the molecule is Cc1c(C(=O)N2CCN(c3ccccc3)CC2)cc([N+](=O)[O-])cc1[N+](=O)[O-]. The molecule has 1 aliphatic heterocycles. The normalized spacial score (nSPS) is 14.1. The van der Waals surface area contributed by atoms with E-state index >= 15 is 0 Å². The topological polar surface area (TPSA) is 110 Å². The lowest BCUT2D eigenvalue weighted by atomic mass is 10.0. The van der Waals surface area contributed by atoms with Gasteiger partial charge in [-0.1, -0.05) is 18.2 Å². The molecule has 1 heterocycles. The van der Waals surface area contributed by atoms with Crippen LogP contribution in [0.5, 0.6) is 0 Å². The molecule has 0 aromatic heterocycles. The average Bonchev–Trinajstić information content (AvgIpc) is 2.68. The quantitative estimate of drug-likeness (QED) is 0.604. The number of nitro benzene ring substituents is 2. The van der Waals surface area contributed by atoms with E-state index in [2.05, 4.69) is 4.90 Å². The van der Waals surface area contributed by atoms with E-state index in [0.717, 1.165) is 17.8 Å². The van der Waals surface area contributed by atoms with Gasteiger partial charge in [0.05, 0.1) is 21.5 Å². The fourth-order valence-corrected chi connectivity index (χ4v) is 3.18. The molecule has 2 aromatic rings. The Kier molecular flexibility index (Phi) is 5.02. The molecule has 9 heteroatoms. The Bertz CT molecular complexity index is 892. The molecule has 140 valence electrons. The van der Waals surface area contributed by atoms with E-state index in [4.69, 9.17) is 0 Å². The van der Waals surface area contributed by atoms with E-state index < -0.39 is 27.1 Å². The van der Waals surface area contributed by atoms with Crippen LogP contribution in [0.3, 0.4) is 0 Å². The van der Waals surface area contributed by atoms with Crippen molar-refractivity contribution in [3.05, 3.63) is 73.8 Å². The standard InChI is InChI=1S/C18H18N4O5/c1-13-16(11-15(21(24)25)12-17(13)22(26)27)18(23)20-9-7-19(8-10-20)14-5-3-2-4-6-14/h2-6,11-12H,7-10H2,1H3. The fraction of sp³-hybridized carbons (Fsp3) is 0.278. The molecule has 1 fully saturated rings. The van der Waals surface area contributed by atoms with Crippen LogP contribution in [0, 0.1) is 27.2 Å². The second-order valence-electron chi connectivity index (χ2n) is 6.27. The lowest BCUT2D eigenvalue weighted by molar-refractivity contribution is -0.394. The number of benzene rings is 2. The summed E-state index contributed by atoms with van der Waals surface area (Å²) in [5.74, 6) is -0.424. The van der Waals surface area contributed by atoms with Gasteiger partial charge >= 0.3 is 0 Å². The van der Waals surface area contributed by atoms with Crippen LogP contribution in [0.4, 0.5) is 17.1 Å². The first-order valence-corrected chi connectivity index (χ1v) is 8.41. The first-order chi connectivity index (χ1) is 12.9. The van der Waals surface area contributed by atoms with E-state index in [1.807, 2.05) is 30.3 Å². The van der Waals surface area contributed by atoms with Gasteiger partial charge in [0.2, 0.25) is 0 Å². The van der Waals surface area contributed by atoms with Crippen LogP contribution in [-0.2, 0) is 0 Å². The van der Waals surface area contributed by atoms with Gasteiger partial charge in [0.15, 0.2) is 0 Å². The van der Waals surface area contributed by atoms with Crippen molar-refractivity contribution in [1.82, 2.24) is 4.90 Å². The van der Waals surface area contributed by atoms with Gasteiger partial charge in [-0.3, -0.25) is 25.0 Å². The van der Waals surface area contributed by atoms with Crippen molar-refractivity contribution in [1.29, 1.82) is 0 Å². The van der Waals surface area contributed by atoms with Crippen molar-refractivity contribution >= 4 is 23.0 Å². The summed E-state index contributed by atoms with van der Waals surface area (Å²) in [6.07, 6.45) is 0. The van der Waals surface area contributed by atoms with E-state index in [1.54, 1.807) is 4.90 Å². The Balaban J connectivity index is 1.82. The molecule has 0 aliphatic carbocycles. The first kappa shape index (κ1) is 18.3. The number of carbonyl (C=O) groups is 1. The van der Waals surface area contributed by atoms with Crippen LogP contribution in [0.2, 0.25) is 0 Å². The molecule has 0 saturated carbocycles. The van der Waals surface area contributed by atoms with Gasteiger partial charge in [-0.15, -0.1) is 0 Å². The first-order valence-electron chi connectivity index (χ1n) is 8.41. The predicted molar refractivity (Wildman–Crippen MR) is 99.0 cm³/mol. The van der Waals surface area contributed by atoms with Crippen molar-refractivity contribution < 1.29 is 14.6 Å². The van der Waals surface area contributed by atoms with E-state index in [0.29, 0.717) is 26.2 Å². The Morgan fingerprint density at radius 1 is 0.963 bits per heavy atom. The van der Waals surface area contributed by atoms with Crippen LogP contribution < -0.4 is 4.90 Å². The van der Waals surface area contributed by atoms with Crippen molar-refractivity contribution in [2.75, 3.05) is 31.1 Å². The highest BCUT2D eigenvalue weighted by atomic mass is 16.6. The maximum Gasteiger partial charge on any atom is 0.279 e. The number of non-ortho nitro benzene ring substituents is 1. The van der Waals surface area contributed by atoms with Crippen LogP contribution in [0.25, 0.3) is 0 Å². The zero-order chi connectivity index (χ0) is 19.6. The van der Waals surface area contributed by atoms with Gasteiger partial charge in [-0.2, -0.15) is 0 Å². The zero-order valence-electron chi connectivity index (χ0n) is 14.7.